The van der Waals surface area contributed by atoms with E-state index in [4.69, 9.17) is 14.2 Å². The van der Waals surface area contributed by atoms with Gasteiger partial charge in [0.05, 0.1) is 6.61 Å². The predicted octanol–water partition coefficient (Wildman–Crippen LogP) is 4.58. The largest absolute Gasteiger partial charge is 0.513 e. The van der Waals surface area contributed by atoms with E-state index >= 15 is 0 Å². The van der Waals surface area contributed by atoms with Gasteiger partial charge >= 0.3 is 6.16 Å². The van der Waals surface area contributed by atoms with Gasteiger partial charge in [0, 0.05) is 0 Å². The summed E-state index contributed by atoms with van der Waals surface area (Å²) in [5.41, 5.74) is 1.10. The van der Waals surface area contributed by atoms with Crippen molar-refractivity contribution < 1.29 is 19.0 Å². The number of unbranched alkanes of at least 4 members (excludes halogenated alkanes) is 1. The van der Waals surface area contributed by atoms with E-state index in [2.05, 4.69) is 0 Å². The summed E-state index contributed by atoms with van der Waals surface area (Å²) in [6, 6.07) is 16.8. The SMILES string of the molecule is CCCCOC(=O)Oc1ccc(OCc2ccccc2)cc1. The maximum atomic E-state index is 11.4. The molecule has 0 aliphatic rings. The van der Waals surface area contributed by atoms with E-state index in [1.807, 2.05) is 37.3 Å². The van der Waals surface area contributed by atoms with Crippen molar-refractivity contribution in [2.24, 2.45) is 0 Å². The maximum absolute atomic E-state index is 11.4. The number of hydrogen-bond acceptors (Lipinski definition) is 4. The summed E-state index contributed by atoms with van der Waals surface area (Å²) in [4.78, 5) is 11.4. The van der Waals surface area contributed by atoms with E-state index in [1.165, 1.54) is 0 Å². The van der Waals surface area contributed by atoms with Gasteiger partial charge in [-0.15, -0.1) is 0 Å². The Bertz CT molecular complexity index is 563. The summed E-state index contributed by atoms with van der Waals surface area (Å²) in [5, 5.41) is 0. The quantitative estimate of drug-likeness (QED) is 0.426. The number of rotatable bonds is 7. The molecule has 4 nitrogen and oxygen atoms in total. The van der Waals surface area contributed by atoms with Crippen LogP contribution in [0.4, 0.5) is 4.79 Å². The molecule has 0 aliphatic heterocycles. The molecule has 0 unspecified atom stereocenters. The summed E-state index contributed by atoms with van der Waals surface area (Å²) in [5.74, 6) is 1.16. The molecule has 0 radical (unpaired) electrons. The highest BCUT2D eigenvalue weighted by Crippen LogP contribution is 2.19. The van der Waals surface area contributed by atoms with Gasteiger partial charge in [-0.05, 0) is 36.2 Å². The number of carbonyl (C=O) groups is 1. The lowest BCUT2D eigenvalue weighted by molar-refractivity contribution is 0.0978. The van der Waals surface area contributed by atoms with Gasteiger partial charge in [0.1, 0.15) is 18.1 Å². The molecule has 116 valence electrons. The second-order valence-electron chi connectivity index (χ2n) is 4.80. The third kappa shape index (κ3) is 5.48. The molecule has 0 heterocycles. The lowest BCUT2D eigenvalue weighted by atomic mass is 10.2. The van der Waals surface area contributed by atoms with E-state index in [9.17, 15) is 4.79 Å². The van der Waals surface area contributed by atoms with E-state index < -0.39 is 6.16 Å². The average molecular weight is 300 g/mol. The molecule has 0 aliphatic carbocycles. The van der Waals surface area contributed by atoms with Gasteiger partial charge in [0.15, 0.2) is 0 Å². The Hall–Kier alpha value is -2.49. The molecule has 0 N–H and O–H groups in total. The zero-order chi connectivity index (χ0) is 15.6. The van der Waals surface area contributed by atoms with Crippen LogP contribution in [0.15, 0.2) is 54.6 Å². The summed E-state index contributed by atoms with van der Waals surface area (Å²) < 4.78 is 15.7. The maximum Gasteiger partial charge on any atom is 0.513 e. The van der Waals surface area contributed by atoms with E-state index in [0.717, 1.165) is 24.2 Å². The minimum atomic E-state index is -0.675. The molecule has 0 saturated carbocycles. The first-order valence-electron chi connectivity index (χ1n) is 7.39. The van der Waals surface area contributed by atoms with Crippen LogP contribution in [0.2, 0.25) is 0 Å². The Morgan fingerprint density at radius 1 is 0.955 bits per heavy atom. The minimum absolute atomic E-state index is 0.383. The molecule has 0 saturated heterocycles. The smallest absolute Gasteiger partial charge is 0.489 e. The van der Waals surface area contributed by atoms with Crippen LogP contribution in [0.3, 0.4) is 0 Å². The van der Waals surface area contributed by atoms with E-state index in [0.29, 0.717) is 19.0 Å². The molecule has 4 heteroatoms. The summed E-state index contributed by atoms with van der Waals surface area (Å²) >= 11 is 0. The standard InChI is InChI=1S/C18H20O4/c1-2-3-13-20-18(19)22-17-11-9-16(10-12-17)21-14-15-7-5-4-6-8-15/h4-12H,2-3,13-14H2,1H3. The van der Waals surface area contributed by atoms with Crippen molar-refractivity contribution in [1.82, 2.24) is 0 Å². The monoisotopic (exact) mass is 300 g/mol. The van der Waals surface area contributed by atoms with Gasteiger partial charge in [-0.3, -0.25) is 0 Å². The van der Waals surface area contributed by atoms with Crippen LogP contribution in [-0.4, -0.2) is 12.8 Å². The van der Waals surface area contributed by atoms with Gasteiger partial charge in [-0.25, -0.2) is 4.79 Å². The number of carbonyl (C=O) groups excluding carboxylic acids is 1. The van der Waals surface area contributed by atoms with Crippen molar-refractivity contribution in [1.29, 1.82) is 0 Å². The normalized spacial score (nSPS) is 10.0. The lowest BCUT2D eigenvalue weighted by Gasteiger charge is -2.08. The summed E-state index contributed by atoms with van der Waals surface area (Å²) in [6.45, 7) is 2.91. The highest BCUT2D eigenvalue weighted by atomic mass is 16.7. The van der Waals surface area contributed by atoms with Gasteiger partial charge in [-0.2, -0.15) is 0 Å². The average Bonchev–Trinajstić information content (AvgIpc) is 2.55. The van der Waals surface area contributed by atoms with Crippen molar-refractivity contribution in [2.75, 3.05) is 6.61 Å². The second kappa shape index (κ2) is 8.72. The Kier molecular flexibility index (Phi) is 6.30. The molecule has 2 aromatic carbocycles. The molecule has 0 atom stereocenters. The number of ether oxygens (including phenoxy) is 3. The Morgan fingerprint density at radius 3 is 2.32 bits per heavy atom. The lowest BCUT2D eigenvalue weighted by Crippen LogP contribution is -2.11. The molecule has 2 rings (SSSR count). The second-order valence-corrected chi connectivity index (χ2v) is 4.80. The fourth-order valence-corrected chi connectivity index (χ4v) is 1.77. The molecule has 0 aromatic heterocycles. The number of benzene rings is 2. The first kappa shape index (κ1) is 15.9. The molecular weight excluding hydrogens is 280 g/mol. The van der Waals surface area contributed by atoms with Crippen LogP contribution >= 0.6 is 0 Å². The van der Waals surface area contributed by atoms with Crippen LogP contribution in [0.1, 0.15) is 25.3 Å². The van der Waals surface area contributed by atoms with Gasteiger partial charge < -0.3 is 14.2 Å². The van der Waals surface area contributed by atoms with Crippen LogP contribution in [0.5, 0.6) is 11.5 Å². The van der Waals surface area contributed by atoms with Gasteiger partial charge in [0.2, 0.25) is 0 Å². The van der Waals surface area contributed by atoms with Crippen LogP contribution < -0.4 is 9.47 Å². The van der Waals surface area contributed by atoms with Crippen molar-refractivity contribution in [2.45, 2.75) is 26.4 Å². The molecule has 2 aromatic rings. The third-order valence-corrected chi connectivity index (χ3v) is 2.99. The topological polar surface area (TPSA) is 44.8 Å². The van der Waals surface area contributed by atoms with Gasteiger partial charge in [0.25, 0.3) is 0 Å². The molecule has 0 amide bonds. The molecule has 22 heavy (non-hydrogen) atoms. The van der Waals surface area contributed by atoms with Crippen molar-refractivity contribution >= 4 is 6.16 Å². The molecule has 0 spiro atoms. The molecular formula is C18H20O4. The fourth-order valence-electron chi connectivity index (χ4n) is 1.77. The Balaban J connectivity index is 1.79. The highest BCUT2D eigenvalue weighted by molar-refractivity contribution is 5.63. The third-order valence-electron chi connectivity index (χ3n) is 2.99. The number of hydrogen-bond donors (Lipinski definition) is 0. The minimum Gasteiger partial charge on any atom is -0.489 e. The Labute approximate surface area is 130 Å². The molecule has 0 fully saturated rings. The van der Waals surface area contributed by atoms with Crippen LogP contribution in [0, 0.1) is 0 Å². The predicted molar refractivity (Wildman–Crippen MR) is 84.1 cm³/mol. The zero-order valence-corrected chi connectivity index (χ0v) is 12.7. The zero-order valence-electron chi connectivity index (χ0n) is 12.7. The Morgan fingerprint density at radius 2 is 1.64 bits per heavy atom. The van der Waals surface area contributed by atoms with E-state index in [-0.39, 0.29) is 0 Å². The van der Waals surface area contributed by atoms with Crippen molar-refractivity contribution in [3.63, 3.8) is 0 Å². The fraction of sp³-hybridized carbons (Fsp3) is 0.278. The van der Waals surface area contributed by atoms with Crippen LogP contribution in [-0.2, 0) is 11.3 Å². The highest BCUT2D eigenvalue weighted by Gasteiger charge is 2.05. The summed E-state index contributed by atoms with van der Waals surface area (Å²) in [7, 11) is 0. The van der Waals surface area contributed by atoms with Crippen molar-refractivity contribution in [3.8, 4) is 11.5 Å². The summed E-state index contributed by atoms with van der Waals surface area (Å²) in [6.07, 6.45) is 1.13. The first-order chi connectivity index (χ1) is 10.8. The van der Waals surface area contributed by atoms with Gasteiger partial charge in [-0.1, -0.05) is 43.7 Å². The van der Waals surface area contributed by atoms with E-state index in [1.54, 1.807) is 24.3 Å². The van der Waals surface area contributed by atoms with Crippen LogP contribution in [0.25, 0.3) is 0 Å². The van der Waals surface area contributed by atoms with Crippen molar-refractivity contribution in [3.05, 3.63) is 60.2 Å². The molecule has 0 bridgehead atoms. The first-order valence-corrected chi connectivity index (χ1v) is 7.39.